The molecule has 1 nitrogen and oxygen atoms in total. The highest BCUT2D eigenvalue weighted by atomic mass is 79.9. The highest BCUT2D eigenvalue weighted by Gasteiger charge is 2.06. The molecule has 0 radical (unpaired) electrons. The summed E-state index contributed by atoms with van der Waals surface area (Å²) >= 11 is 5.18. The van der Waals surface area contributed by atoms with Gasteiger partial charge in [0.25, 0.3) is 0 Å². The Morgan fingerprint density at radius 2 is 2.50 bits per heavy atom. The predicted molar refractivity (Wildman–Crippen MR) is 68.2 cm³/mol. The van der Waals surface area contributed by atoms with Gasteiger partial charge in [0, 0.05) is 21.9 Å². The van der Waals surface area contributed by atoms with Crippen LogP contribution in [0.4, 0.5) is 0 Å². The summed E-state index contributed by atoms with van der Waals surface area (Å²) in [6.45, 7) is 6.88. The van der Waals surface area contributed by atoms with E-state index in [1.165, 1.54) is 4.88 Å². The second-order valence-corrected chi connectivity index (χ2v) is 5.44. The first kappa shape index (κ1) is 12.0. The monoisotopic (exact) mass is 273 g/mol. The van der Waals surface area contributed by atoms with Crippen molar-refractivity contribution >= 4 is 27.3 Å². The van der Waals surface area contributed by atoms with E-state index in [4.69, 9.17) is 0 Å². The van der Waals surface area contributed by atoms with Crippen LogP contribution in [0.25, 0.3) is 0 Å². The molecule has 1 aromatic heterocycles. The van der Waals surface area contributed by atoms with Crippen molar-refractivity contribution in [2.75, 3.05) is 6.54 Å². The summed E-state index contributed by atoms with van der Waals surface area (Å²) in [7, 11) is 0. The summed E-state index contributed by atoms with van der Waals surface area (Å²) in [4.78, 5) is 1.45. The summed E-state index contributed by atoms with van der Waals surface area (Å²) in [6, 6.07) is 4.86. The first-order valence-corrected chi connectivity index (χ1v) is 6.48. The Balaban J connectivity index is 2.35. The van der Waals surface area contributed by atoms with Gasteiger partial charge in [0.1, 0.15) is 0 Å². The van der Waals surface area contributed by atoms with Crippen LogP contribution in [-0.2, 0) is 6.42 Å². The molecule has 0 saturated carbocycles. The Hall–Kier alpha value is -0.120. The lowest BCUT2D eigenvalue weighted by Crippen LogP contribution is -2.31. The van der Waals surface area contributed by atoms with E-state index in [1.54, 1.807) is 0 Å². The standard InChI is InChI=1S/C11H16BrNS/c1-3-10(13-8-9(2)12)7-11-5-4-6-14-11/h4-6,10,13H,2-3,7-8H2,1H3. The van der Waals surface area contributed by atoms with Gasteiger partial charge in [-0.3, -0.25) is 0 Å². The minimum Gasteiger partial charge on any atom is -0.309 e. The summed E-state index contributed by atoms with van der Waals surface area (Å²) in [5.74, 6) is 0. The largest absolute Gasteiger partial charge is 0.309 e. The number of rotatable bonds is 6. The highest BCUT2D eigenvalue weighted by Crippen LogP contribution is 2.12. The molecule has 1 aromatic rings. The molecule has 0 bridgehead atoms. The first-order chi connectivity index (χ1) is 6.72. The van der Waals surface area contributed by atoms with Gasteiger partial charge in [0.15, 0.2) is 0 Å². The van der Waals surface area contributed by atoms with E-state index in [1.807, 2.05) is 11.3 Å². The van der Waals surface area contributed by atoms with Gasteiger partial charge >= 0.3 is 0 Å². The minimum atomic E-state index is 0.558. The van der Waals surface area contributed by atoms with Gasteiger partial charge in [-0.15, -0.1) is 11.3 Å². The number of hydrogen-bond acceptors (Lipinski definition) is 2. The Bertz CT molecular complexity index is 269. The van der Waals surface area contributed by atoms with E-state index in [2.05, 4.69) is 52.3 Å². The van der Waals surface area contributed by atoms with Gasteiger partial charge in [0.05, 0.1) is 0 Å². The third-order valence-corrected chi connectivity index (χ3v) is 3.28. The van der Waals surface area contributed by atoms with Gasteiger partial charge in [-0.1, -0.05) is 35.5 Å². The molecular formula is C11H16BrNS. The number of halogens is 1. The van der Waals surface area contributed by atoms with Gasteiger partial charge in [-0.25, -0.2) is 0 Å². The van der Waals surface area contributed by atoms with E-state index in [0.29, 0.717) is 6.04 Å². The lowest BCUT2D eigenvalue weighted by molar-refractivity contribution is 0.524. The fourth-order valence-electron chi connectivity index (χ4n) is 1.29. The SMILES string of the molecule is C=C(Br)CNC(CC)Cc1cccs1. The van der Waals surface area contributed by atoms with E-state index >= 15 is 0 Å². The summed E-state index contributed by atoms with van der Waals surface area (Å²) in [5, 5.41) is 5.60. The van der Waals surface area contributed by atoms with Crippen molar-refractivity contribution in [2.45, 2.75) is 25.8 Å². The average Bonchev–Trinajstić information content (AvgIpc) is 2.64. The number of hydrogen-bond donors (Lipinski definition) is 1. The fourth-order valence-corrected chi connectivity index (χ4v) is 2.24. The lowest BCUT2D eigenvalue weighted by Gasteiger charge is -2.15. The molecule has 0 spiro atoms. The Morgan fingerprint density at radius 1 is 1.71 bits per heavy atom. The molecule has 14 heavy (non-hydrogen) atoms. The average molecular weight is 274 g/mol. The quantitative estimate of drug-likeness (QED) is 0.836. The smallest absolute Gasteiger partial charge is 0.0268 e. The minimum absolute atomic E-state index is 0.558. The van der Waals surface area contributed by atoms with Crippen LogP contribution < -0.4 is 5.32 Å². The normalized spacial score (nSPS) is 12.7. The molecule has 1 unspecified atom stereocenters. The van der Waals surface area contributed by atoms with Crippen molar-refractivity contribution in [3.63, 3.8) is 0 Å². The zero-order valence-electron chi connectivity index (χ0n) is 8.42. The number of nitrogens with one attached hydrogen (secondary N) is 1. The van der Waals surface area contributed by atoms with E-state index in [0.717, 1.165) is 23.9 Å². The van der Waals surface area contributed by atoms with Crippen molar-refractivity contribution < 1.29 is 0 Å². The molecule has 0 aromatic carbocycles. The Labute approximate surface area is 98.4 Å². The summed E-state index contributed by atoms with van der Waals surface area (Å²) < 4.78 is 1.02. The topological polar surface area (TPSA) is 12.0 Å². The molecule has 3 heteroatoms. The van der Waals surface area contributed by atoms with Gasteiger partial charge in [-0.05, 0) is 24.3 Å². The van der Waals surface area contributed by atoms with Crippen LogP contribution in [0.2, 0.25) is 0 Å². The Morgan fingerprint density at radius 3 is 3.00 bits per heavy atom. The Kier molecular flexibility index (Phi) is 5.45. The third kappa shape index (κ3) is 4.40. The van der Waals surface area contributed by atoms with Crippen molar-refractivity contribution in [3.05, 3.63) is 33.5 Å². The van der Waals surface area contributed by atoms with E-state index < -0.39 is 0 Å². The van der Waals surface area contributed by atoms with E-state index in [9.17, 15) is 0 Å². The maximum absolute atomic E-state index is 3.82. The van der Waals surface area contributed by atoms with Crippen molar-refractivity contribution in [1.29, 1.82) is 0 Å². The molecule has 1 N–H and O–H groups in total. The van der Waals surface area contributed by atoms with Gasteiger partial charge in [0.2, 0.25) is 0 Å². The molecule has 0 aliphatic heterocycles. The molecule has 78 valence electrons. The van der Waals surface area contributed by atoms with Crippen LogP contribution in [0.15, 0.2) is 28.6 Å². The van der Waals surface area contributed by atoms with Crippen molar-refractivity contribution in [2.24, 2.45) is 0 Å². The van der Waals surface area contributed by atoms with Crippen molar-refractivity contribution in [3.8, 4) is 0 Å². The highest BCUT2D eigenvalue weighted by molar-refractivity contribution is 9.11. The molecule has 0 amide bonds. The second kappa shape index (κ2) is 6.38. The van der Waals surface area contributed by atoms with Crippen LogP contribution in [-0.4, -0.2) is 12.6 Å². The van der Waals surface area contributed by atoms with Crippen LogP contribution in [0.3, 0.4) is 0 Å². The van der Waals surface area contributed by atoms with E-state index in [-0.39, 0.29) is 0 Å². The molecule has 0 aliphatic carbocycles. The third-order valence-electron chi connectivity index (χ3n) is 2.10. The molecular weight excluding hydrogens is 258 g/mol. The van der Waals surface area contributed by atoms with Crippen LogP contribution >= 0.6 is 27.3 Å². The van der Waals surface area contributed by atoms with Crippen LogP contribution in [0.5, 0.6) is 0 Å². The molecule has 0 saturated heterocycles. The van der Waals surface area contributed by atoms with Crippen LogP contribution in [0.1, 0.15) is 18.2 Å². The maximum atomic E-state index is 3.82. The summed E-state index contributed by atoms with van der Waals surface area (Å²) in [6.07, 6.45) is 2.27. The van der Waals surface area contributed by atoms with Gasteiger partial charge in [-0.2, -0.15) is 0 Å². The molecule has 1 heterocycles. The zero-order valence-corrected chi connectivity index (χ0v) is 10.8. The second-order valence-electron chi connectivity index (χ2n) is 3.29. The first-order valence-electron chi connectivity index (χ1n) is 4.81. The molecule has 0 aliphatic rings. The molecule has 0 fully saturated rings. The van der Waals surface area contributed by atoms with Gasteiger partial charge < -0.3 is 5.32 Å². The lowest BCUT2D eigenvalue weighted by atomic mass is 10.1. The van der Waals surface area contributed by atoms with Crippen LogP contribution in [0, 0.1) is 0 Å². The fraction of sp³-hybridized carbons (Fsp3) is 0.455. The maximum Gasteiger partial charge on any atom is 0.0268 e. The summed E-state index contributed by atoms with van der Waals surface area (Å²) in [5.41, 5.74) is 0. The molecule has 1 rings (SSSR count). The number of thiophene rings is 1. The predicted octanol–water partition coefficient (Wildman–Crippen LogP) is 3.57. The molecule has 1 atom stereocenters. The zero-order chi connectivity index (χ0) is 10.4. The van der Waals surface area contributed by atoms with Crippen molar-refractivity contribution in [1.82, 2.24) is 5.32 Å².